The molecular weight excluding hydrogens is 331 g/mol. The molecule has 0 aromatic heterocycles. The number of rotatable bonds is 2. The Morgan fingerprint density at radius 1 is 0.826 bits per heavy atom. The third kappa shape index (κ3) is 5.19. The number of ketones is 1. The highest BCUT2D eigenvalue weighted by atomic mass is 35.5. The number of hydrogen-bond acceptors (Lipinski definition) is 2. The summed E-state index contributed by atoms with van der Waals surface area (Å²) in [4.78, 5) is 21.4. The van der Waals surface area contributed by atoms with Crippen molar-refractivity contribution in [2.45, 2.75) is 34.6 Å². The quantitative estimate of drug-likeness (QED) is 0.496. The fraction of sp³-hybridized carbons (Fsp3) is 0.263. The van der Waals surface area contributed by atoms with Gasteiger partial charge in [-0.05, 0) is 81.1 Å². The van der Waals surface area contributed by atoms with Crippen LogP contribution in [0.15, 0.2) is 24.3 Å². The molecule has 2 aromatic carbocycles. The minimum atomic E-state index is 0.0814. The number of carbonyl (C=O) groups excluding carboxylic acids is 2. The van der Waals surface area contributed by atoms with E-state index in [0.29, 0.717) is 5.56 Å². The van der Waals surface area contributed by atoms with Crippen LogP contribution in [0.4, 0.5) is 0 Å². The molecule has 0 amide bonds. The maximum atomic E-state index is 11.0. The van der Waals surface area contributed by atoms with Gasteiger partial charge in [0.15, 0.2) is 5.78 Å². The van der Waals surface area contributed by atoms with Gasteiger partial charge >= 0.3 is 0 Å². The van der Waals surface area contributed by atoms with Gasteiger partial charge in [0.1, 0.15) is 6.29 Å². The van der Waals surface area contributed by atoms with Crippen molar-refractivity contribution in [2.24, 2.45) is 0 Å². The largest absolute Gasteiger partial charge is 0.298 e. The minimum absolute atomic E-state index is 0.0814. The van der Waals surface area contributed by atoms with Crippen LogP contribution >= 0.6 is 23.2 Å². The number of benzene rings is 2. The van der Waals surface area contributed by atoms with Crippen LogP contribution in [0.1, 0.15) is 49.9 Å². The maximum absolute atomic E-state index is 11.0. The average molecular weight is 351 g/mol. The molecule has 0 fully saturated rings. The fourth-order valence-corrected chi connectivity index (χ4v) is 2.41. The molecule has 0 heterocycles. The molecule has 0 aliphatic carbocycles. The van der Waals surface area contributed by atoms with E-state index in [-0.39, 0.29) is 5.78 Å². The van der Waals surface area contributed by atoms with Crippen molar-refractivity contribution in [3.8, 4) is 0 Å². The Morgan fingerprint density at radius 3 is 1.48 bits per heavy atom. The molecule has 122 valence electrons. The zero-order valence-electron chi connectivity index (χ0n) is 14.0. The van der Waals surface area contributed by atoms with Gasteiger partial charge in [-0.25, -0.2) is 0 Å². The zero-order chi connectivity index (χ0) is 17.7. The lowest BCUT2D eigenvalue weighted by atomic mass is 10.1. The van der Waals surface area contributed by atoms with Crippen LogP contribution in [0.3, 0.4) is 0 Å². The fourth-order valence-electron chi connectivity index (χ4n) is 2.20. The van der Waals surface area contributed by atoms with Gasteiger partial charge in [0, 0.05) is 21.2 Å². The molecule has 0 saturated heterocycles. The predicted molar refractivity (Wildman–Crippen MR) is 97.2 cm³/mol. The van der Waals surface area contributed by atoms with Gasteiger partial charge < -0.3 is 0 Å². The summed E-state index contributed by atoms with van der Waals surface area (Å²) in [5.41, 5.74) is 5.24. The van der Waals surface area contributed by atoms with E-state index in [1.807, 2.05) is 39.8 Å². The summed E-state index contributed by atoms with van der Waals surface area (Å²) in [6, 6.07) is 7.19. The molecule has 0 N–H and O–H groups in total. The minimum Gasteiger partial charge on any atom is -0.298 e. The van der Waals surface area contributed by atoms with Crippen molar-refractivity contribution >= 4 is 35.3 Å². The Bertz CT molecular complexity index is 703. The van der Waals surface area contributed by atoms with Crippen molar-refractivity contribution in [2.75, 3.05) is 0 Å². The van der Waals surface area contributed by atoms with Crippen LogP contribution in [0.25, 0.3) is 0 Å². The molecule has 2 aromatic rings. The molecule has 2 rings (SSSR count). The lowest BCUT2D eigenvalue weighted by Gasteiger charge is -2.04. The Morgan fingerprint density at radius 2 is 1.17 bits per heavy atom. The number of aldehydes is 1. The third-order valence-electron chi connectivity index (χ3n) is 3.44. The first-order valence-corrected chi connectivity index (χ1v) is 7.92. The van der Waals surface area contributed by atoms with Crippen molar-refractivity contribution in [1.82, 2.24) is 0 Å². The molecule has 0 atom stereocenters. The second-order valence-corrected chi connectivity index (χ2v) is 6.32. The SMILES string of the molecule is CC(=O)c1cc(C)c(Cl)c(C)c1.Cc1cc(C=O)cc(C)c1Cl. The van der Waals surface area contributed by atoms with Gasteiger partial charge in [-0.1, -0.05) is 23.2 Å². The van der Waals surface area contributed by atoms with E-state index in [1.165, 1.54) is 0 Å². The molecule has 0 bridgehead atoms. The Labute approximate surface area is 147 Å². The number of carbonyl (C=O) groups is 2. The highest BCUT2D eigenvalue weighted by Crippen LogP contribution is 2.22. The molecule has 0 aliphatic heterocycles. The van der Waals surface area contributed by atoms with E-state index in [2.05, 4.69) is 0 Å². The van der Waals surface area contributed by atoms with Crippen LogP contribution in [-0.2, 0) is 0 Å². The standard InChI is InChI=1S/C10H11ClO.C9H9ClO/c1-6-4-9(8(3)12)5-7(2)10(6)11;1-6-3-8(5-11)4-7(2)9(6)10/h4-5H,1-3H3;3-5H,1-2H3. The first-order valence-electron chi connectivity index (χ1n) is 7.17. The zero-order valence-corrected chi connectivity index (χ0v) is 15.5. The van der Waals surface area contributed by atoms with E-state index in [0.717, 1.165) is 44.1 Å². The van der Waals surface area contributed by atoms with Crippen LogP contribution in [0, 0.1) is 27.7 Å². The molecule has 0 radical (unpaired) electrons. The summed E-state index contributed by atoms with van der Waals surface area (Å²) in [7, 11) is 0. The number of aryl methyl sites for hydroxylation is 4. The van der Waals surface area contributed by atoms with Crippen molar-refractivity contribution in [3.63, 3.8) is 0 Å². The van der Waals surface area contributed by atoms with Crippen molar-refractivity contribution in [1.29, 1.82) is 0 Å². The molecule has 0 saturated carbocycles. The van der Waals surface area contributed by atoms with E-state index < -0.39 is 0 Å². The van der Waals surface area contributed by atoms with E-state index in [9.17, 15) is 9.59 Å². The highest BCUT2D eigenvalue weighted by Gasteiger charge is 2.05. The molecule has 4 heteroatoms. The van der Waals surface area contributed by atoms with Gasteiger partial charge in [0.25, 0.3) is 0 Å². The van der Waals surface area contributed by atoms with Crippen LogP contribution < -0.4 is 0 Å². The smallest absolute Gasteiger partial charge is 0.159 e. The summed E-state index contributed by atoms with van der Waals surface area (Å²) >= 11 is 11.8. The second kappa shape index (κ2) is 8.28. The van der Waals surface area contributed by atoms with Crippen LogP contribution in [-0.4, -0.2) is 12.1 Å². The molecule has 2 nitrogen and oxygen atoms in total. The second-order valence-electron chi connectivity index (χ2n) is 5.57. The Hall–Kier alpha value is -1.64. The lowest BCUT2D eigenvalue weighted by molar-refractivity contribution is 0.101. The topological polar surface area (TPSA) is 34.1 Å². The first-order chi connectivity index (χ1) is 10.7. The van der Waals surface area contributed by atoms with Crippen molar-refractivity contribution < 1.29 is 9.59 Å². The summed E-state index contributed by atoms with van der Waals surface area (Å²) in [5, 5.41) is 1.50. The van der Waals surface area contributed by atoms with Gasteiger partial charge in [-0.2, -0.15) is 0 Å². The number of halogens is 2. The van der Waals surface area contributed by atoms with Gasteiger partial charge in [-0.15, -0.1) is 0 Å². The molecule has 0 aliphatic rings. The normalized spacial score (nSPS) is 9.87. The predicted octanol–water partition coefficient (Wildman–Crippen LogP) is 5.93. The van der Waals surface area contributed by atoms with Gasteiger partial charge in [0.2, 0.25) is 0 Å². The summed E-state index contributed by atoms with van der Waals surface area (Å²) < 4.78 is 0. The average Bonchev–Trinajstić information content (AvgIpc) is 2.49. The monoisotopic (exact) mass is 350 g/mol. The molecule has 0 spiro atoms. The van der Waals surface area contributed by atoms with Gasteiger partial charge in [0.05, 0.1) is 0 Å². The summed E-state index contributed by atoms with van der Waals surface area (Å²) in [5.74, 6) is 0.0814. The van der Waals surface area contributed by atoms with Crippen LogP contribution in [0.5, 0.6) is 0 Å². The molecule has 23 heavy (non-hydrogen) atoms. The van der Waals surface area contributed by atoms with E-state index >= 15 is 0 Å². The number of hydrogen-bond donors (Lipinski definition) is 0. The van der Waals surface area contributed by atoms with Gasteiger partial charge in [-0.3, -0.25) is 9.59 Å². The Balaban J connectivity index is 0.000000231. The van der Waals surface area contributed by atoms with E-state index in [4.69, 9.17) is 23.2 Å². The molecular formula is C19H20Cl2O2. The maximum Gasteiger partial charge on any atom is 0.159 e. The summed E-state index contributed by atoms with van der Waals surface area (Å²) in [6.07, 6.45) is 0.830. The van der Waals surface area contributed by atoms with E-state index in [1.54, 1.807) is 19.1 Å². The lowest BCUT2D eigenvalue weighted by Crippen LogP contribution is -1.94. The number of Topliss-reactive ketones (excluding diaryl/α,β-unsaturated/α-hetero) is 1. The summed E-state index contributed by atoms with van der Waals surface area (Å²) in [6.45, 7) is 9.15. The Kier molecular flexibility index (Phi) is 6.99. The third-order valence-corrected chi connectivity index (χ3v) is 4.63. The van der Waals surface area contributed by atoms with Crippen LogP contribution in [0.2, 0.25) is 10.0 Å². The first kappa shape index (κ1) is 19.4. The van der Waals surface area contributed by atoms with Crippen molar-refractivity contribution in [3.05, 3.63) is 67.7 Å². The molecule has 0 unspecified atom stereocenters. The highest BCUT2D eigenvalue weighted by molar-refractivity contribution is 6.32.